The fourth-order valence-corrected chi connectivity index (χ4v) is 6.14. The third kappa shape index (κ3) is 3.95. The molecule has 0 saturated carbocycles. The standard InChI is InChI=1S/C38H29N/c1-39-38-22-12-11-21-36(38)33-19-9-7-17-29(33)28-16-6-5-13-27(28)26-23-24-35-32-15-4-2-3-14-30(32)31-18-8-10-20-34(31)37(35)25-26/h2-13,15-25,39H,14H2,1H3. The predicted octanol–water partition coefficient (Wildman–Crippen LogP) is 10.2. The van der Waals surface area contributed by atoms with E-state index in [1.165, 1.54) is 66.1 Å². The van der Waals surface area contributed by atoms with Crippen molar-refractivity contribution in [1.82, 2.24) is 0 Å². The van der Waals surface area contributed by atoms with E-state index in [0.717, 1.165) is 12.1 Å². The molecule has 1 aliphatic carbocycles. The lowest BCUT2D eigenvalue weighted by molar-refractivity contribution is 1.31. The Morgan fingerprint density at radius 1 is 0.513 bits per heavy atom. The molecule has 6 aromatic rings. The summed E-state index contributed by atoms with van der Waals surface area (Å²) in [6.45, 7) is 0. The second-order valence-electron chi connectivity index (χ2n) is 10.1. The molecule has 0 amide bonds. The minimum absolute atomic E-state index is 0.953. The van der Waals surface area contributed by atoms with Crippen LogP contribution in [0.25, 0.3) is 61.0 Å². The zero-order chi connectivity index (χ0) is 26.2. The van der Waals surface area contributed by atoms with E-state index >= 15 is 0 Å². The van der Waals surface area contributed by atoms with Crippen molar-refractivity contribution in [1.29, 1.82) is 0 Å². The first kappa shape index (κ1) is 23.3. The maximum atomic E-state index is 3.38. The normalized spacial score (nSPS) is 12.4. The molecule has 0 unspecified atom stereocenters. The SMILES string of the molecule is CNc1ccccc1-c1ccccc1-c1ccccc1-c1ccc2c3c(c4ccccc4c2c1)CC=CC=C3. The van der Waals surface area contributed by atoms with Gasteiger partial charge in [-0.1, -0.05) is 127 Å². The molecule has 0 aromatic heterocycles. The molecule has 0 saturated heterocycles. The summed E-state index contributed by atoms with van der Waals surface area (Å²) in [6, 6.07) is 42.0. The topological polar surface area (TPSA) is 12.0 Å². The molecule has 1 nitrogen and oxygen atoms in total. The first-order chi connectivity index (χ1) is 19.3. The maximum Gasteiger partial charge on any atom is 0.0417 e. The molecule has 0 heterocycles. The molecule has 0 fully saturated rings. The lowest BCUT2D eigenvalue weighted by Crippen LogP contribution is -1.95. The molecular formula is C38H29N. The number of para-hydroxylation sites is 1. The number of benzene rings is 6. The molecule has 0 atom stereocenters. The molecule has 0 spiro atoms. The van der Waals surface area contributed by atoms with Gasteiger partial charge in [0.15, 0.2) is 0 Å². The molecule has 0 radical (unpaired) electrons. The van der Waals surface area contributed by atoms with Crippen LogP contribution >= 0.6 is 0 Å². The Balaban J connectivity index is 1.47. The van der Waals surface area contributed by atoms with Crippen molar-refractivity contribution in [2.24, 2.45) is 0 Å². The molecule has 39 heavy (non-hydrogen) atoms. The Morgan fingerprint density at radius 2 is 1.13 bits per heavy atom. The highest BCUT2D eigenvalue weighted by atomic mass is 14.8. The van der Waals surface area contributed by atoms with Gasteiger partial charge in [0.2, 0.25) is 0 Å². The van der Waals surface area contributed by atoms with Gasteiger partial charge in [-0.25, -0.2) is 0 Å². The van der Waals surface area contributed by atoms with Gasteiger partial charge in [0.25, 0.3) is 0 Å². The Labute approximate surface area is 229 Å². The van der Waals surface area contributed by atoms with Gasteiger partial charge in [0, 0.05) is 18.3 Å². The predicted molar refractivity (Wildman–Crippen MR) is 169 cm³/mol. The average molecular weight is 500 g/mol. The highest BCUT2D eigenvalue weighted by molar-refractivity contribution is 6.14. The maximum absolute atomic E-state index is 3.38. The third-order valence-electron chi connectivity index (χ3n) is 7.95. The second kappa shape index (κ2) is 9.78. The van der Waals surface area contributed by atoms with Crippen molar-refractivity contribution in [3.8, 4) is 33.4 Å². The summed E-state index contributed by atoms with van der Waals surface area (Å²) in [5.74, 6) is 0. The summed E-state index contributed by atoms with van der Waals surface area (Å²) in [4.78, 5) is 0. The van der Waals surface area contributed by atoms with Crippen LogP contribution in [0, 0.1) is 0 Å². The molecule has 186 valence electrons. The van der Waals surface area contributed by atoms with Gasteiger partial charge in [0.1, 0.15) is 0 Å². The summed E-state index contributed by atoms with van der Waals surface area (Å²) >= 11 is 0. The van der Waals surface area contributed by atoms with E-state index in [1.54, 1.807) is 0 Å². The van der Waals surface area contributed by atoms with E-state index in [0.29, 0.717) is 0 Å². The number of hydrogen-bond acceptors (Lipinski definition) is 1. The molecule has 1 N–H and O–H groups in total. The Bertz CT molecular complexity index is 1920. The Hall–Kier alpha value is -4.88. The zero-order valence-corrected chi connectivity index (χ0v) is 22.0. The number of rotatable bonds is 4. The first-order valence-corrected chi connectivity index (χ1v) is 13.6. The summed E-state index contributed by atoms with van der Waals surface area (Å²) in [6.07, 6.45) is 9.82. The van der Waals surface area contributed by atoms with Gasteiger partial charge in [0.05, 0.1) is 0 Å². The van der Waals surface area contributed by atoms with Crippen LogP contribution in [0.3, 0.4) is 0 Å². The van der Waals surface area contributed by atoms with Crippen LogP contribution in [0.2, 0.25) is 0 Å². The van der Waals surface area contributed by atoms with E-state index in [1.807, 2.05) is 7.05 Å². The number of fused-ring (bicyclic) bond motifs is 6. The molecule has 7 rings (SSSR count). The highest BCUT2D eigenvalue weighted by Gasteiger charge is 2.17. The zero-order valence-electron chi connectivity index (χ0n) is 22.0. The van der Waals surface area contributed by atoms with Gasteiger partial charge in [-0.2, -0.15) is 0 Å². The van der Waals surface area contributed by atoms with Gasteiger partial charge < -0.3 is 5.32 Å². The lowest BCUT2D eigenvalue weighted by atomic mass is 9.86. The Kier molecular flexibility index (Phi) is 5.83. The van der Waals surface area contributed by atoms with Gasteiger partial charge in [-0.05, 0) is 79.0 Å². The van der Waals surface area contributed by atoms with Crippen molar-refractivity contribution in [2.45, 2.75) is 6.42 Å². The van der Waals surface area contributed by atoms with Crippen molar-refractivity contribution >= 4 is 33.3 Å². The fraction of sp³-hybridized carbons (Fsp3) is 0.0526. The fourth-order valence-electron chi connectivity index (χ4n) is 6.14. The quantitative estimate of drug-likeness (QED) is 0.238. The second-order valence-corrected chi connectivity index (χ2v) is 10.1. The van der Waals surface area contributed by atoms with Crippen LogP contribution in [-0.4, -0.2) is 7.05 Å². The molecule has 0 bridgehead atoms. The molecule has 0 aliphatic heterocycles. The number of nitrogens with one attached hydrogen (secondary N) is 1. The molecule has 1 heteroatoms. The van der Waals surface area contributed by atoms with Crippen molar-refractivity contribution in [3.63, 3.8) is 0 Å². The van der Waals surface area contributed by atoms with Crippen LogP contribution in [0.4, 0.5) is 5.69 Å². The largest absolute Gasteiger partial charge is 0.388 e. The lowest BCUT2D eigenvalue weighted by Gasteiger charge is -2.18. The summed E-state index contributed by atoms with van der Waals surface area (Å²) in [5, 5.41) is 8.65. The van der Waals surface area contributed by atoms with Crippen LogP contribution < -0.4 is 5.32 Å². The third-order valence-corrected chi connectivity index (χ3v) is 7.95. The van der Waals surface area contributed by atoms with Crippen LogP contribution in [0.5, 0.6) is 0 Å². The minimum atomic E-state index is 0.953. The van der Waals surface area contributed by atoms with E-state index in [4.69, 9.17) is 0 Å². The van der Waals surface area contributed by atoms with Crippen LogP contribution in [0.15, 0.2) is 133 Å². The number of anilines is 1. The van der Waals surface area contributed by atoms with Gasteiger partial charge in [-0.3, -0.25) is 0 Å². The summed E-state index contributed by atoms with van der Waals surface area (Å²) in [7, 11) is 1.99. The smallest absolute Gasteiger partial charge is 0.0417 e. The van der Waals surface area contributed by atoms with Gasteiger partial charge >= 0.3 is 0 Å². The summed E-state index contributed by atoms with van der Waals surface area (Å²) < 4.78 is 0. The van der Waals surface area contributed by atoms with E-state index in [9.17, 15) is 0 Å². The number of hydrogen-bond donors (Lipinski definition) is 1. The minimum Gasteiger partial charge on any atom is -0.388 e. The van der Waals surface area contributed by atoms with E-state index in [-0.39, 0.29) is 0 Å². The van der Waals surface area contributed by atoms with Crippen molar-refractivity contribution < 1.29 is 0 Å². The van der Waals surface area contributed by atoms with Crippen molar-refractivity contribution in [3.05, 3.63) is 145 Å². The molecule has 1 aliphatic rings. The first-order valence-electron chi connectivity index (χ1n) is 13.6. The van der Waals surface area contributed by atoms with Crippen molar-refractivity contribution in [2.75, 3.05) is 12.4 Å². The number of allylic oxidation sites excluding steroid dienone is 3. The van der Waals surface area contributed by atoms with Crippen LogP contribution in [-0.2, 0) is 6.42 Å². The van der Waals surface area contributed by atoms with E-state index < -0.39 is 0 Å². The average Bonchev–Trinajstić information content (AvgIpc) is 3.28. The molecule has 6 aromatic carbocycles. The highest BCUT2D eigenvalue weighted by Crippen LogP contribution is 2.42. The van der Waals surface area contributed by atoms with Gasteiger partial charge in [-0.15, -0.1) is 0 Å². The molecular weight excluding hydrogens is 470 g/mol. The Morgan fingerprint density at radius 3 is 1.90 bits per heavy atom. The van der Waals surface area contributed by atoms with Crippen LogP contribution in [0.1, 0.15) is 11.1 Å². The van der Waals surface area contributed by atoms with E-state index in [2.05, 4.69) is 145 Å². The summed E-state index contributed by atoms with van der Waals surface area (Å²) in [5.41, 5.74) is 11.2. The monoisotopic (exact) mass is 499 g/mol.